The highest BCUT2D eigenvalue weighted by atomic mass is 19.1. The molecule has 0 aliphatic heterocycles. The van der Waals surface area contributed by atoms with E-state index < -0.39 is 11.6 Å². The molecule has 0 saturated heterocycles. The molecule has 0 heterocycles. The Hall–Kier alpha value is -2.04. The minimum Gasteiger partial charge on any atom is -0.372 e. The molecule has 0 radical (unpaired) electrons. The highest BCUT2D eigenvalue weighted by Gasteiger charge is 2.16. The lowest BCUT2D eigenvalue weighted by Gasteiger charge is -2.23. The van der Waals surface area contributed by atoms with Gasteiger partial charge in [0.15, 0.2) is 0 Å². The third-order valence-corrected chi connectivity index (χ3v) is 4.88. The van der Waals surface area contributed by atoms with Gasteiger partial charge in [0, 0.05) is 19.2 Å². The predicted molar refractivity (Wildman–Crippen MR) is 112 cm³/mol. The lowest BCUT2D eigenvalue weighted by Crippen LogP contribution is -2.26. The van der Waals surface area contributed by atoms with E-state index in [0.717, 1.165) is 32.0 Å². The number of hydrogen-bond acceptors (Lipinski definition) is 2. The van der Waals surface area contributed by atoms with Gasteiger partial charge in [-0.15, -0.1) is 6.58 Å². The average molecular weight is 388 g/mol. The molecule has 2 nitrogen and oxygen atoms in total. The fourth-order valence-corrected chi connectivity index (χ4v) is 3.40. The number of nitrogens with one attached hydrogen (secondary N) is 1. The van der Waals surface area contributed by atoms with Gasteiger partial charge in [-0.2, -0.15) is 0 Å². The summed E-state index contributed by atoms with van der Waals surface area (Å²) in [5.74, 6) is -1.04. The van der Waals surface area contributed by atoms with Crippen LogP contribution in [-0.4, -0.2) is 19.7 Å². The van der Waals surface area contributed by atoms with Crippen molar-refractivity contribution in [2.24, 2.45) is 0 Å². The van der Waals surface area contributed by atoms with Crippen LogP contribution >= 0.6 is 0 Å². The van der Waals surface area contributed by atoms with E-state index >= 15 is 0 Å². The molecule has 1 N–H and O–H groups in total. The van der Waals surface area contributed by atoms with Crippen molar-refractivity contribution in [3.05, 3.63) is 82.9 Å². The van der Waals surface area contributed by atoms with Gasteiger partial charge >= 0.3 is 0 Å². The molecule has 2 aromatic carbocycles. The molecule has 0 aliphatic rings. The lowest BCUT2D eigenvalue weighted by atomic mass is 9.97. The molecule has 0 bridgehead atoms. The molecular formula is C24H31F2NO. The smallest absolute Gasteiger partial charge is 0.129 e. The number of unbranched alkanes of at least 4 members (excludes halogenated alkanes) is 1. The molecule has 0 amide bonds. The monoisotopic (exact) mass is 387 g/mol. The Morgan fingerprint density at radius 3 is 2.54 bits per heavy atom. The van der Waals surface area contributed by atoms with E-state index in [9.17, 15) is 8.78 Å². The first-order valence-electron chi connectivity index (χ1n) is 9.96. The number of benzene rings is 2. The molecule has 0 saturated carbocycles. The van der Waals surface area contributed by atoms with E-state index in [1.54, 1.807) is 0 Å². The van der Waals surface area contributed by atoms with Gasteiger partial charge in [0.05, 0.1) is 6.10 Å². The van der Waals surface area contributed by atoms with Crippen LogP contribution < -0.4 is 5.32 Å². The van der Waals surface area contributed by atoms with Gasteiger partial charge in [-0.25, -0.2) is 8.78 Å². The van der Waals surface area contributed by atoms with E-state index in [4.69, 9.17) is 4.74 Å². The van der Waals surface area contributed by atoms with Crippen molar-refractivity contribution in [2.75, 3.05) is 19.7 Å². The fourth-order valence-electron chi connectivity index (χ4n) is 3.40. The first kappa shape index (κ1) is 22.3. The number of hydrogen-bond donors (Lipinski definition) is 1. The topological polar surface area (TPSA) is 21.3 Å². The summed E-state index contributed by atoms with van der Waals surface area (Å²) in [4.78, 5) is 0. The average Bonchev–Trinajstić information content (AvgIpc) is 2.65. The Morgan fingerprint density at radius 2 is 1.86 bits per heavy atom. The van der Waals surface area contributed by atoms with Crippen molar-refractivity contribution in [1.82, 2.24) is 5.32 Å². The van der Waals surface area contributed by atoms with Crippen molar-refractivity contribution in [3.63, 3.8) is 0 Å². The summed E-state index contributed by atoms with van der Waals surface area (Å²) in [6.07, 6.45) is 5.12. The van der Waals surface area contributed by atoms with Gasteiger partial charge in [-0.1, -0.05) is 30.3 Å². The van der Waals surface area contributed by atoms with Crippen LogP contribution in [0.1, 0.15) is 47.6 Å². The summed E-state index contributed by atoms with van der Waals surface area (Å²) in [5.41, 5.74) is 4.16. The Balaban J connectivity index is 1.94. The van der Waals surface area contributed by atoms with E-state index in [1.165, 1.54) is 28.8 Å². The van der Waals surface area contributed by atoms with E-state index in [2.05, 4.69) is 43.9 Å². The molecule has 2 aromatic rings. The molecule has 1 unspecified atom stereocenters. The molecule has 28 heavy (non-hydrogen) atoms. The van der Waals surface area contributed by atoms with E-state index in [-0.39, 0.29) is 6.10 Å². The lowest BCUT2D eigenvalue weighted by molar-refractivity contribution is 0.0502. The summed E-state index contributed by atoms with van der Waals surface area (Å²) >= 11 is 0. The summed E-state index contributed by atoms with van der Waals surface area (Å²) in [6, 6.07) is 10.00. The van der Waals surface area contributed by atoms with Crippen LogP contribution in [-0.2, 0) is 11.2 Å². The second-order valence-electron chi connectivity index (χ2n) is 7.14. The van der Waals surface area contributed by atoms with Crippen molar-refractivity contribution in [1.29, 1.82) is 0 Å². The second kappa shape index (κ2) is 11.7. The Bertz CT molecular complexity index is 740. The van der Waals surface area contributed by atoms with E-state index in [1.807, 2.05) is 6.08 Å². The zero-order valence-corrected chi connectivity index (χ0v) is 16.9. The Morgan fingerprint density at radius 1 is 1.11 bits per heavy atom. The molecule has 0 aromatic heterocycles. The standard InChI is InChI=1S/C24H31F2NO/c1-4-5-6-14-27-17-23(24-18(2)9-7-10-19(24)3)28-15-8-11-20-12-13-21(25)16-22(20)26/h4,7,9-10,12-13,16,23,27H,1,5-6,8,11,14-15,17H2,2-3H3. The molecule has 152 valence electrons. The first-order chi connectivity index (χ1) is 13.5. The van der Waals surface area contributed by atoms with Gasteiger partial charge in [0.2, 0.25) is 0 Å². The van der Waals surface area contributed by atoms with Crippen LogP contribution in [0.3, 0.4) is 0 Å². The van der Waals surface area contributed by atoms with Crippen molar-refractivity contribution in [2.45, 2.75) is 45.6 Å². The molecular weight excluding hydrogens is 356 g/mol. The number of rotatable bonds is 12. The number of allylic oxidation sites excluding steroid dienone is 1. The van der Waals surface area contributed by atoms with Crippen LogP contribution in [0, 0.1) is 25.5 Å². The highest BCUT2D eigenvalue weighted by Crippen LogP contribution is 2.25. The maximum absolute atomic E-state index is 13.8. The quantitative estimate of drug-likeness (QED) is 0.365. The Labute approximate surface area is 167 Å². The van der Waals surface area contributed by atoms with Crippen LogP contribution in [0.2, 0.25) is 0 Å². The van der Waals surface area contributed by atoms with E-state index in [0.29, 0.717) is 25.0 Å². The number of ether oxygens (including phenoxy) is 1. The summed E-state index contributed by atoms with van der Waals surface area (Å²) in [6.45, 7) is 10.1. The normalized spacial score (nSPS) is 12.1. The molecule has 4 heteroatoms. The third kappa shape index (κ3) is 6.84. The maximum atomic E-state index is 13.8. The minimum absolute atomic E-state index is 0.0528. The molecule has 0 spiro atoms. The summed E-state index contributed by atoms with van der Waals surface area (Å²) in [5, 5.41) is 3.47. The second-order valence-corrected chi connectivity index (χ2v) is 7.14. The van der Waals surface area contributed by atoms with Crippen LogP contribution in [0.15, 0.2) is 49.1 Å². The van der Waals surface area contributed by atoms with Gasteiger partial charge < -0.3 is 10.1 Å². The number of halogens is 2. The fraction of sp³-hybridized carbons (Fsp3) is 0.417. The zero-order valence-electron chi connectivity index (χ0n) is 16.9. The van der Waals surface area contributed by atoms with Gasteiger partial charge in [0.1, 0.15) is 11.6 Å². The zero-order chi connectivity index (χ0) is 20.4. The largest absolute Gasteiger partial charge is 0.372 e. The SMILES string of the molecule is C=CCCCNCC(OCCCc1ccc(F)cc1F)c1c(C)cccc1C. The molecule has 1 atom stereocenters. The van der Waals surface area contributed by atoms with Crippen molar-refractivity contribution >= 4 is 0 Å². The van der Waals surface area contributed by atoms with Crippen LogP contribution in [0.5, 0.6) is 0 Å². The summed E-state index contributed by atoms with van der Waals surface area (Å²) < 4.78 is 33.0. The van der Waals surface area contributed by atoms with Crippen molar-refractivity contribution < 1.29 is 13.5 Å². The predicted octanol–water partition coefficient (Wildman–Crippen LogP) is 5.83. The molecule has 0 aliphatic carbocycles. The van der Waals surface area contributed by atoms with Crippen molar-refractivity contribution in [3.8, 4) is 0 Å². The van der Waals surface area contributed by atoms with Crippen LogP contribution in [0.25, 0.3) is 0 Å². The minimum atomic E-state index is -0.546. The third-order valence-electron chi connectivity index (χ3n) is 4.88. The van der Waals surface area contributed by atoms with Gasteiger partial charge in [-0.3, -0.25) is 0 Å². The Kier molecular flexibility index (Phi) is 9.32. The molecule has 0 fully saturated rings. The van der Waals surface area contributed by atoms with Gasteiger partial charge in [-0.05, 0) is 74.4 Å². The first-order valence-corrected chi connectivity index (χ1v) is 9.96. The van der Waals surface area contributed by atoms with Gasteiger partial charge in [0.25, 0.3) is 0 Å². The highest BCUT2D eigenvalue weighted by molar-refractivity contribution is 5.35. The van der Waals surface area contributed by atoms with Crippen LogP contribution in [0.4, 0.5) is 8.78 Å². The maximum Gasteiger partial charge on any atom is 0.129 e. The number of aryl methyl sites for hydroxylation is 3. The summed E-state index contributed by atoms with van der Waals surface area (Å²) in [7, 11) is 0. The molecule has 2 rings (SSSR count).